The molecule has 0 radical (unpaired) electrons. The standard InChI is InChI=1S/C15H13N3O3.C14H12N5O4.C14H7N2O2.2C9H12O3S.C7H8O3S/c1-20-13-9-12(18-16)14(21-2)8-11(13)17-15(19)10-6-4-3-5-7-10;1-22-13-8-12(14(23-2)7-11(13)16-15)18-17-9-3-5-10(6-4-9)19(20)21;15-16-11-7-3-6-10-12(11)14(18)9-5-2-1-4-8(9)13(10)17;2*1-6-4-7(2)9(8(3)5-6)13-12-11-10;1-6-2-4-7(5-3-6)11-10-9-8/h3-9H,1-2H3;3-8H,1-2H3;1-7H;2*4-5,10H,1-3H3;2-5,8H,1H3/q;2*+1;;;/p-2. The van der Waals surface area contributed by atoms with E-state index >= 15 is 0 Å². The molecule has 1 N–H and O–H groups in total. The van der Waals surface area contributed by atoms with E-state index < -0.39 is 4.92 Å². The summed E-state index contributed by atoms with van der Waals surface area (Å²) in [5.41, 5.74) is 11.3. The minimum absolute atomic E-state index is 0.0305. The van der Waals surface area contributed by atoms with E-state index in [4.69, 9.17) is 35.1 Å². The molecule has 28 nitrogen and oxygen atoms in total. The number of hydrogen-bond acceptors (Lipinski definition) is 26. The molecule has 0 saturated heterocycles. The van der Waals surface area contributed by atoms with Crippen LogP contribution in [0.2, 0.25) is 0 Å². The van der Waals surface area contributed by atoms with Crippen LogP contribution >= 0.6 is 36.1 Å². The number of aryl methyl sites for hydroxylation is 7. The summed E-state index contributed by atoms with van der Waals surface area (Å²) in [5.74, 6) is 0.550. The number of anilines is 1. The number of hydrogen-bond donors (Lipinski definition) is 1. The first-order valence-electron chi connectivity index (χ1n) is 28.7. The van der Waals surface area contributed by atoms with Gasteiger partial charge in [-0.2, -0.15) is 18.1 Å². The molecule has 0 spiro atoms. The number of methoxy groups -OCH3 is 4. The number of non-ortho nitro benzene ring substituents is 1. The molecule has 510 valence electrons. The third-order valence-electron chi connectivity index (χ3n) is 13.5. The fourth-order valence-corrected chi connectivity index (χ4v) is 10.5. The van der Waals surface area contributed by atoms with E-state index in [-0.39, 0.29) is 51.4 Å². The predicted octanol–water partition coefficient (Wildman–Crippen LogP) is 15.8. The quantitative estimate of drug-likeness (QED) is 0.0208. The third-order valence-corrected chi connectivity index (χ3v) is 16.0. The minimum Gasteiger partial charge on any atom is -0.691 e. The van der Waals surface area contributed by atoms with Crippen LogP contribution in [-0.2, 0) is 28.1 Å². The van der Waals surface area contributed by atoms with Crippen LogP contribution < -0.4 is 40.0 Å². The van der Waals surface area contributed by atoms with E-state index in [9.17, 15) is 40.3 Å². The van der Waals surface area contributed by atoms with Crippen LogP contribution in [0.1, 0.15) is 81.1 Å². The van der Waals surface area contributed by atoms with Crippen LogP contribution in [0, 0.1) is 74.8 Å². The number of azo groups is 1. The van der Waals surface area contributed by atoms with Gasteiger partial charge >= 0.3 is 17.1 Å². The molecule has 0 fully saturated rings. The highest BCUT2D eigenvalue weighted by Crippen LogP contribution is 2.42. The normalized spacial score (nSPS) is 10.6. The second-order valence-electron chi connectivity index (χ2n) is 20.3. The molecule has 0 heterocycles. The molecular weight excluding hydrogens is 1340 g/mol. The van der Waals surface area contributed by atoms with Crippen molar-refractivity contribution < 1.29 is 82.1 Å². The summed E-state index contributed by atoms with van der Waals surface area (Å²) in [6.45, 7) is 13.9. The second-order valence-corrected chi connectivity index (χ2v) is 22.5. The van der Waals surface area contributed by atoms with Gasteiger partial charge in [0.15, 0.2) is 32.2 Å². The lowest BCUT2D eigenvalue weighted by atomic mass is 9.83. The number of ether oxygens (including phenoxy) is 4. The van der Waals surface area contributed by atoms with Crippen molar-refractivity contribution in [1.82, 2.24) is 0 Å². The summed E-state index contributed by atoms with van der Waals surface area (Å²) in [6, 6.07) is 47.4. The SMILES string of the molecule is COc1cc(NC(=O)c2ccccc2)c(OC)cc1[N+]#N.COc1cc([N+]#N)c(OC)cc1N=Nc1ccc([N+](=O)[O-])cc1.Cc1cc(C)c(SOO[O-])c(C)c1.Cc1cc(C)c(SOO[O-])c(C)c1.Cc1ccc(SOO[O-])cc1.N#[N+]c1cccc2c1C(=O)c1ccccc1C2=O. The van der Waals surface area contributed by atoms with Gasteiger partial charge in [-0.25, -0.2) is 0 Å². The summed E-state index contributed by atoms with van der Waals surface area (Å²) < 4.78 is 33.2. The molecule has 1 aliphatic rings. The van der Waals surface area contributed by atoms with E-state index in [2.05, 4.69) is 58.6 Å². The number of nitro groups is 1. The summed E-state index contributed by atoms with van der Waals surface area (Å²) >= 11 is 2.79. The number of nitro benzene ring substituents is 1. The Morgan fingerprint density at radius 3 is 1.40 bits per heavy atom. The predicted molar refractivity (Wildman–Crippen MR) is 361 cm³/mol. The van der Waals surface area contributed by atoms with Gasteiger partial charge in [0.25, 0.3) is 11.6 Å². The Morgan fingerprint density at radius 2 is 0.929 bits per heavy atom. The highest BCUT2D eigenvalue weighted by atomic mass is 32.2. The zero-order valence-corrected chi connectivity index (χ0v) is 57.2. The molecule has 0 unspecified atom stereocenters. The van der Waals surface area contributed by atoms with Crippen molar-refractivity contribution in [2.45, 2.75) is 63.2 Å². The van der Waals surface area contributed by atoms with Gasteiger partial charge in [0.1, 0.15) is 11.3 Å². The zero-order chi connectivity index (χ0) is 72.6. The molecule has 10 rings (SSSR count). The number of amides is 1. The maximum atomic E-state index is 12.3. The largest absolute Gasteiger partial charge is 0.691 e. The molecule has 99 heavy (non-hydrogen) atoms. The van der Waals surface area contributed by atoms with Gasteiger partial charge in [-0.05, 0) is 113 Å². The summed E-state index contributed by atoms with van der Waals surface area (Å²) in [5, 5.41) is 86.6. The van der Waals surface area contributed by atoms with Crippen LogP contribution in [0.4, 0.5) is 39.8 Å². The Labute approximate surface area is 580 Å². The summed E-state index contributed by atoms with van der Waals surface area (Å²) in [7, 11) is 5.77. The van der Waals surface area contributed by atoms with Crippen molar-refractivity contribution in [3.8, 4) is 23.0 Å². The first-order valence-corrected chi connectivity index (χ1v) is 30.9. The van der Waals surface area contributed by atoms with E-state index in [0.29, 0.717) is 56.8 Å². The van der Waals surface area contributed by atoms with Gasteiger partial charge in [0.2, 0.25) is 33.5 Å². The smallest absolute Gasteiger partial charge is 0.430 e. The first kappa shape index (κ1) is 78.6. The topological polar surface area (TPSA) is 377 Å². The number of diazo groups is 3. The second kappa shape index (κ2) is 40.5. The number of rotatable bonds is 18. The molecule has 1 aliphatic carbocycles. The molecule has 0 aliphatic heterocycles. The van der Waals surface area contributed by atoms with Crippen molar-refractivity contribution in [2.75, 3.05) is 33.8 Å². The molecule has 0 saturated carbocycles. The Balaban J connectivity index is 0.000000218. The van der Waals surface area contributed by atoms with Gasteiger partial charge in [-0.1, -0.05) is 102 Å². The number of ketones is 2. The van der Waals surface area contributed by atoms with E-state index in [1.807, 2.05) is 103 Å². The fraction of sp³-hybridized carbons (Fsp3) is 0.162. The van der Waals surface area contributed by atoms with E-state index in [0.717, 1.165) is 78.6 Å². The highest BCUT2D eigenvalue weighted by molar-refractivity contribution is 7.95. The molecule has 1 amide bonds. The van der Waals surface area contributed by atoms with E-state index in [1.54, 1.807) is 60.7 Å². The Morgan fingerprint density at radius 1 is 0.475 bits per heavy atom. The van der Waals surface area contributed by atoms with Crippen molar-refractivity contribution >= 4 is 93.4 Å². The van der Waals surface area contributed by atoms with Crippen LogP contribution in [0.15, 0.2) is 195 Å². The zero-order valence-electron chi connectivity index (χ0n) is 54.8. The van der Waals surface area contributed by atoms with Crippen LogP contribution in [-0.4, -0.2) is 50.8 Å². The highest BCUT2D eigenvalue weighted by Gasteiger charge is 2.35. The molecule has 0 aromatic heterocycles. The molecular formula is C68H62N10O18S3. The monoisotopic (exact) mass is 1400 g/mol. The molecule has 0 atom stereocenters. The number of fused-ring (bicyclic) bond motifs is 2. The van der Waals surface area contributed by atoms with Crippen LogP contribution in [0.5, 0.6) is 23.0 Å². The van der Waals surface area contributed by atoms with Gasteiger partial charge in [-0.3, -0.25) is 39.6 Å². The number of nitrogens with zero attached hydrogens (tertiary/aromatic N) is 9. The lowest BCUT2D eigenvalue weighted by Crippen LogP contribution is -2.20. The van der Waals surface area contributed by atoms with Crippen molar-refractivity contribution in [1.29, 1.82) is 16.2 Å². The Bertz CT molecular complexity index is 4330. The maximum absolute atomic E-state index is 12.3. The van der Waals surface area contributed by atoms with Gasteiger partial charge in [0.05, 0.1) is 93.0 Å². The lowest BCUT2D eigenvalue weighted by Gasteiger charge is -2.14. The average Bonchev–Trinajstić information content (AvgIpc) is 0.759. The summed E-state index contributed by atoms with van der Waals surface area (Å²) in [4.78, 5) is 58.8. The van der Waals surface area contributed by atoms with Gasteiger partial charge < -0.3 is 40.0 Å². The van der Waals surface area contributed by atoms with Crippen molar-refractivity contribution in [3.63, 3.8) is 0 Å². The number of benzene rings is 9. The molecule has 31 heteroatoms. The Hall–Kier alpha value is -11.1. The number of nitrogens with one attached hydrogen (secondary N) is 1. The van der Waals surface area contributed by atoms with Crippen LogP contribution in [0.25, 0.3) is 14.9 Å². The Kier molecular flexibility index (Phi) is 32.2. The average molecular weight is 1400 g/mol. The first-order chi connectivity index (χ1) is 47.6. The minimum atomic E-state index is -0.494. The van der Waals surface area contributed by atoms with Crippen LogP contribution in [0.3, 0.4) is 0 Å². The third kappa shape index (κ3) is 23.1. The molecule has 9 aromatic rings. The number of carbonyl (C=O) groups is 3. The molecule has 9 aromatic carbocycles. The van der Waals surface area contributed by atoms with E-state index in [1.165, 1.54) is 94.2 Å². The maximum Gasteiger partial charge on any atom is 0.430 e. The fourth-order valence-electron chi connectivity index (χ4n) is 9.17. The van der Waals surface area contributed by atoms with Crippen molar-refractivity contribution in [3.05, 3.63) is 262 Å². The van der Waals surface area contributed by atoms with Gasteiger partial charge in [-0.15, -0.1) is 5.11 Å². The summed E-state index contributed by atoms with van der Waals surface area (Å²) in [6.07, 6.45) is 0. The van der Waals surface area contributed by atoms with Crippen molar-refractivity contribution in [2.24, 2.45) is 10.2 Å². The lowest BCUT2D eigenvalue weighted by molar-refractivity contribution is -0.777. The van der Waals surface area contributed by atoms with Gasteiger partial charge in [0, 0.05) is 67.3 Å². The number of carbonyl (C=O) groups excluding carboxylic acids is 3. The molecule has 0 bridgehead atoms.